The Morgan fingerprint density at radius 1 is 1.26 bits per heavy atom. The van der Waals surface area contributed by atoms with Crippen molar-refractivity contribution in [2.24, 2.45) is 5.92 Å². The fourth-order valence-corrected chi connectivity index (χ4v) is 4.84. The fraction of sp³-hybridized carbons (Fsp3) is 0.519. The molecule has 1 fully saturated rings. The van der Waals surface area contributed by atoms with E-state index in [1.54, 1.807) is 17.9 Å². The van der Waals surface area contributed by atoms with E-state index in [-0.39, 0.29) is 37.0 Å². The molecule has 1 saturated heterocycles. The molecular weight excluding hydrogens is 444 g/mol. The van der Waals surface area contributed by atoms with Crippen LogP contribution in [-0.2, 0) is 14.3 Å². The molecule has 0 aliphatic carbocycles. The molecule has 2 heterocycles. The summed E-state index contributed by atoms with van der Waals surface area (Å²) in [6, 6.07) is 6.87. The molecule has 0 saturated carbocycles. The van der Waals surface area contributed by atoms with Crippen molar-refractivity contribution in [1.82, 2.24) is 20.0 Å². The van der Waals surface area contributed by atoms with Gasteiger partial charge in [-0.05, 0) is 31.9 Å². The zero-order valence-corrected chi connectivity index (χ0v) is 21.5. The Hall–Kier alpha value is -3.13. The van der Waals surface area contributed by atoms with Gasteiger partial charge in [-0.25, -0.2) is 9.59 Å². The van der Waals surface area contributed by atoms with E-state index in [2.05, 4.69) is 16.8 Å². The number of urea groups is 1. The lowest BCUT2D eigenvalue weighted by atomic mass is 9.91. The van der Waals surface area contributed by atoms with Crippen molar-refractivity contribution in [1.29, 1.82) is 0 Å². The lowest BCUT2D eigenvalue weighted by Crippen LogP contribution is -2.57. The quantitative estimate of drug-likeness (QED) is 0.454. The predicted octanol–water partition coefficient (Wildman–Crippen LogP) is 3.25. The molecule has 8 heteroatoms. The highest BCUT2D eigenvalue weighted by molar-refractivity contribution is 5.95. The first kappa shape index (κ1) is 26.5. The number of ether oxygens (including phenoxy) is 1. The molecule has 1 aromatic rings. The Labute approximate surface area is 208 Å². The van der Waals surface area contributed by atoms with Gasteiger partial charge in [-0.2, -0.15) is 0 Å². The molecule has 35 heavy (non-hydrogen) atoms. The standard InChI is InChI=1S/C27H38N4O4/c1-7-13-31-22(17-29-14-15-30(20(6)16-29)25(32)18(3)4)23(26(33)35-8-2)24(28-27(31)34)21-12-10-9-11-19(21)5/h7,9-12,18,20,24H,1,8,13-17H2,2-6H3,(H,28,34)/t20-,24+/m1/s1. The highest BCUT2D eigenvalue weighted by Crippen LogP contribution is 2.34. The first-order chi connectivity index (χ1) is 16.7. The molecule has 0 aromatic heterocycles. The summed E-state index contributed by atoms with van der Waals surface area (Å²) in [4.78, 5) is 44.9. The third kappa shape index (κ3) is 5.75. The van der Waals surface area contributed by atoms with Crippen molar-refractivity contribution in [2.45, 2.75) is 46.7 Å². The number of esters is 1. The SMILES string of the molecule is C=CCN1C(=O)N[C@@H](c2ccccc2C)C(C(=O)OCC)=C1CN1CCN(C(=O)C(C)C)[C@H](C)C1. The van der Waals surface area contributed by atoms with E-state index in [0.29, 0.717) is 37.4 Å². The van der Waals surface area contributed by atoms with Crippen LogP contribution in [0.15, 0.2) is 48.2 Å². The van der Waals surface area contributed by atoms with Crippen LogP contribution >= 0.6 is 0 Å². The number of carbonyl (C=O) groups is 3. The number of aryl methyl sites for hydroxylation is 1. The van der Waals surface area contributed by atoms with E-state index in [1.165, 1.54) is 0 Å². The summed E-state index contributed by atoms with van der Waals surface area (Å²) in [7, 11) is 0. The Bertz CT molecular complexity index is 1000. The van der Waals surface area contributed by atoms with Crippen LogP contribution in [0.2, 0.25) is 0 Å². The summed E-state index contributed by atoms with van der Waals surface area (Å²) in [5.74, 6) is -0.345. The van der Waals surface area contributed by atoms with Gasteiger partial charge in [0.2, 0.25) is 5.91 Å². The van der Waals surface area contributed by atoms with E-state index in [4.69, 9.17) is 4.74 Å². The van der Waals surface area contributed by atoms with Crippen LogP contribution in [0.1, 0.15) is 44.9 Å². The predicted molar refractivity (Wildman–Crippen MR) is 135 cm³/mol. The maximum atomic E-state index is 13.3. The molecule has 0 unspecified atom stereocenters. The minimum Gasteiger partial charge on any atom is -0.463 e. The minimum absolute atomic E-state index is 0.0303. The number of nitrogens with one attached hydrogen (secondary N) is 1. The Morgan fingerprint density at radius 2 is 1.97 bits per heavy atom. The van der Waals surface area contributed by atoms with Crippen molar-refractivity contribution in [3.8, 4) is 0 Å². The lowest BCUT2D eigenvalue weighted by molar-refractivity contribution is -0.139. The van der Waals surface area contributed by atoms with Crippen LogP contribution in [0.4, 0.5) is 4.79 Å². The Morgan fingerprint density at radius 3 is 2.57 bits per heavy atom. The average molecular weight is 483 g/mol. The summed E-state index contributed by atoms with van der Waals surface area (Å²) in [6.07, 6.45) is 1.65. The first-order valence-electron chi connectivity index (χ1n) is 12.4. The van der Waals surface area contributed by atoms with Crippen LogP contribution in [0.3, 0.4) is 0 Å². The zero-order chi connectivity index (χ0) is 25.7. The molecule has 3 rings (SSSR count). The van der Waals surface area contributed by atoms with Gasteiger partial charge < -0.3 is 15.0 Å². The number of benzene rings is 1. The number of amides is 3. The van der Waals surface area contributed by atoms with Crippen molar-refractivity contribution in [3.05, 3.63) is 59.3 Å². The normalized spacial score (nSPS) is 21.3. The molecule has 2 aliphatic heterocycles. The highest BCUT2D eigenvalue weighted by atomic mass is 16.5. The van der Waals surface area contributed by atoms with Gasteiger partial charge in [0.05, 0.1) is 18.2 Å². The fourth-order valence-electron chi connectivity index (χ4n) is 4.84. The molecular formula is C27H38N4O4. The number of rotatable bonds is 8. The second-order valence-corrected chi connectivity index (χ2v) is 9.49. The maximum Gasteiger partial charge on any atom is 0.338 e. The maximum absolute atomic E-state index is 13.3. The third-order valence-corrected chi connectivity index (χ3v) is 6.61. The van der Waals surface area contributed by atoms with Gasteiger partial charge in [0.25, 0.3) is 0 Å². The van der Waals surface area contributed by atoms with Crippen molar-refractivity contribution < 1.29 is 19.1 Å². The second-order valence-electron chi connectivity index (χ2n) is 9.49. The molecule has 1 aromatic carbocycles. The highest BCUT2D eigenvalue weighted by Gasteiger charge is 2.39. The van der Waals surface area contributed by atoms with E-state index in [9.17, 15) is 14.4 Å². The molecule has 0 spiro atoms. The van der Waals surface area contributed by atoms with Gasteiger partial charge in [0.1, 0.15) is 0 Å². The smallest absolute Gasteiger partial charge is 0.338 e. The second kappa shape index (κ2) is 11.5. The van der Waals surface area contributed by atoms with Gasteiger partial charge >= 0.3 is 12.0 Å². The number of piperazine rings is 1. The van der Waals surface area contributed by atoms with Gasteiger partial charge in [-0.1, -0.05) is 44.2 Å². The zero-order valence-electron chi connectivity index (χ0n) is 21.5. The Balaban J connectivity index is 2.02. The summed E-state index contributed by atoms with van der Waals surface area (Å²) in [6.45, 7) is 16.2. The summed E-state index contributed by atoms with van der Waals surface area (Å²) in [5, 5.41) is 3.02. The number of carbonyl (C=O) groups excluding carboxylic acids is 3. The lowest BCUT2D eigenvalue weighted by Gasteiger charge is -2.43. The van der Waals surface area contributed by atoms with E-state index < -0.39 is 12.0 Å². The first-order valence-corrected chi connectivity index (χ1v) is 12.4. The van der Waals surface area contributed by atoms with Crippen molar-refractivity contribution in [2.75, 3.05) is 39.3 Å². The van der Waals surface area contributed by atoms with Crippen LogP contribution in [0.25, 0.3) is 0 Å². The molecule has 3 amide bonds. The average Bonchev–Trinajstić information content (AvgIpc) is 2.81. The van der Waals surface area contributed by atoms with E-state index in [0.717, 1.165) is 11.1 Å². The van der Waals surface area contributed by atoms with E-state index in [1.807, 2.05) is 56.9 Å². The van der Waals surface area contributed by atoms with Crippen molar-refractivity contribution >= 4 is 17.9 Å². The summed E-state index contributed by atoms with van der Waals surface area (Å²) in [5.41, 5.74) is 2.90. The van der Waals surface area contributed by atoms with Crippen LogP contribution in [0, 0.1) is 12.8 Å². The third-order valence-electron chi connectivity index (χ3n) is 6.61. The van der Waals surface area contributed by atoms with Gasteiger partial charge in [0, 0.05) is 50.4 Å². The van der Waals surface area contributed by atoms with Crippen molar-refractivity contribution in [3.63, 3.8) is 0 Å². The molecule has 8 nitrogen and oxygen atoms in total. The molecule has 2 aliphatic rings. The topological polar surface area (TPSA) is 82.2 Å². The number of nitrogens with zero attached hydrogens (tertiary/aromatic N) is 3. The number of hydrogen-bond donors (Lipinski definition) is 1. The van der Waals surface area contributed by atoms with Crippen LogP contribution in [0.5, 0.6) is 0 Å². The van der Waals surface area contributed by atoms with E-state index >= 15 is 0 Å². The van der Waals surface area contributed by atoms with Gasteiger partial charge in [0.15, 0.2) is 0 Å². The minimum atomic E-state index is -0.611. The Kier molecular flexibility index (Phi) is 8.72. The van der Waals surface area contributed by atoms with Crippen LogP contribution < -0.4 is 5.32 Å². The van der Waals surface area contributed by atoms with Crippen LogP contribution in [-0.4, -0.2) is 78.0 Å². The molecule has 1 N–H and O–H groups in total. The molecule has 0 bridgehead atoms. The molecule has 0 radical (unpaired) electrons. The van der Waals surface area contributed by atoms with Gasteiger partial charge in [-0.15, -0.1) is 6.58 Å². The van der Waals surface area contributed by atoms with Gasteiger partial charge in [-0.3, -0.25) is 14.6 Å². The summed E-state index contributed by atoms with van der Waals surface area (Å²) >= 11 is 0. The number of hydrogen-bond acceptors (Lipinski definition) is 5. The largest absolute Gasteiger partial charge is 0.463 e. The monoisotopic (exact) mass is 482 g/mol. The molecule has 190 valence electrons. The molecule has 2 atom stereocenters. The summed E-state index contributed by atoms with van der Waals surface area (Å²) < 4.78 is 5.48.